The summed E-state index contributed by atoms with van der Waals surface area (Å²) in [6, 6.07) is 30.9. The van der Waals surface area contributed by atoms with Crippen molar-refractivity contribution >= 4 is 5.84 Å². The minimum Gasteiger partial charge on any atom is -0.350 e. The molecule has 7 aliphatic rings. The molecule has 0 amide bonds. The quantitative estimate of drug-likeness (QED) is 0.271. The molecule has 6 aliphatic carbocycles. The minimum absolute atomic E-state index is 0.0177. The number of benzene rings is 3. The summed E-state index contributed by atoms with van der Waals surface area (Å²) in [5.74, 6) is 6.24. The molecule has 1 aliphatic heterocycles. The van der Waals surface area contributed by atoms with E-state index in [1.165, 1.54) is 80.9 Å². The maximum Gasteiger partial charge on any atom is 0.131 e. The number of fused-ring (bicyclic) bond motifs is 8. The van der Waals surface area contributed by atoms with Gasteiger partial charge in [-0.15, -0.1) is 0 Å². The zero-order valence-electron chi connectivity index (χ0n) is 30.6. The summed E-state index contributed by atoms with van der Waals surface area (Å²) in [7, 11) is 0. The predicted molar refractivity (Wildman–Crippen MR) is 209 cm³/mol. The molecular formula is C48H55N3. The highest BCUT2D eigenvalue weighted by Crippen LogP contribution is 2.70. The number of amidine groups is 1. The van der Waals surface area contributed by atoms with E-state index in [1.54, 1.807) is 0 Å². The van der Waals surface area contributed by atoms with Gasteiger partial charge in [-0.25, -0.2) is 4.99 Å². The van der Waals surface area contributed by atoms with Gasteiger partial charge >= 0.3 is 0 Å². The zero-order chi connectivity index (χ0) is 34.2. The van der Waals surface area contributed by atoms with Crippen LogP contribution in [0.25, 0.3) is 0 Å². The Morgan fingerprint density at radius 3 is 2.22 bits per heavy atom. The van der Waals surface area contributed by atoms with Crippen LogP contribution in [0.4, 0.5) is 0 Å². The van der Waals surface area contributed by atoms with Gasteiger partial charge in [-0.1, -0.05) is 142 Å². The van der Waals surface area contributed by atoms with E-state index in [-0.39, 0.29) is 12.3 Å². The van der Waals surface area contributed by atoms with Crippen molar-refractivity contribution in [3.05, 3.63) is 143 Å². The van der Waals surface area contributed by atoms with Crippen LogP contribution in [0, 0.1) is 46.3 Å². The molecule has 3 nitrogen and oxygen atoms in total. The van der Waals surface area contributed by atoms with Gasteiger partial charge in [-0.05, 0) is 125 Å². The molecule has 262 valence electrons. The van der Waals surface area contributed by atoms with Gasteiger partial charge in [0.2, 0.25) is 0 Å². The fourth-order valence-corrected chi connectivity index (χ4v) is 12.8. The summed E-state index contributed by atoms with van der Waals surface area (Å²) in [6.45, 7) is 5.24. The SMILES string of the molecule is CC1(C)C2C=C3C(=CC2C2CC=CCC21)C1CC(c2ccc(C4NC(c5ccccc5)=NC(c5ccccc5)N4)cc2)CCC1C31CCCCC1. The average molecular weight is 674 g/mol. The summed E-state index contributed by atoms with van der Waals surface area (Å²) in [6.07, 6.45) is 24.5. The lowest BCUT2D eigenvalue weighted by Crippen LogP contribution is -2.44. The topological polar surface area (TPSA) is 36.4 Å². The fourth-order valence-electron chi connectivity index (χ4n) is 12.8. The van der Waals surface area contributed by atoms with Crippen LogP contribution < -0.4 is 10.6 Å². The number of nitrogens with one attached hydrogen (secondary N) is 2. The zero-order valence-corrected chi connectivity index (χ0v) is 30.6. The largest absolute Gasteiger partial charge is 0.350 e. The number of aliphatic imine (C=N–C) groups is 1. The second kappa shape index (κ2) is 12.5. The molecule has 9 unspecified atom stereocenters. The van der Waals surface area contributed by atoms with E-state index >= 15 is 0 Å². The van der Waals surface area contributed by atoms with Crippen molar-refractivity contribution in [2.24, 2.45) is 51.3 Å². The Morgan fingerprint density at radius 1 is 0.706 bits per heavy atom. The number of allylic oxidation sites excluding steroid dienone is 6. The van der Waals surface area contributed by atoms with E-state index in [2.05, 4.69) is 134 Å². The highest BCUT2D eigenvalue weighted by Gasteiger charge is 2.60. The van der Waals surface area contributed by atoms with Gasteiger partial charge in [0.1, 0.15) is 18.2 Å². The number of nitrogens with zero attached hydrogens (tertiary/aromatic N) is 1. The lowest BCUT2D eigenvalue weighted by Gasteiger charge is -2.45. The molecule has 3 aromatic rings. The van der Waals surface area contributed by atoms with Crippen LogP contribution >= 0.6 is 0 Å². The average Bonchev–Trinajstić information content (AvgIpc) is 3.58. The maximum absolute atomic E-state index is 5.12. The normalized spacial score (nSPS) is 35.7. The molecule has 9 atom stereocenters. The third-order valence-electron chi connectivity index (χ3n) is 15.2. The number of rotatable bonds is 4. The van der Waals surface area contributed by atoms with Crippen molar-refractivity contribution in [3.63, 3.8) is 0 Å². The summed E-state index contributed by atoms with van der Waals surface area (Å²) < 4.78 is 0. The molecule has 4 saturated carbocycles. The van der Waals surface area contributed by atoms with E-state index in [9.17, 15) is 0 Å². The van der Waals surface area contributed by atoms with E-state index in [0.717, 1.165) is 41.0 Å². The van der Waals surface area contributed by atoms with Crippen molar-refractivity contribution in [2.45, 2.75) is 96.3 Å². The second-order valence-electron chi connectivity index (χ2n) is 17.8. The van der Waals surface area contributed by atoms with Crippen molar-refractivity contribution in [2.75, 3.05) is 0 Å². The molecule has 2 N–H and O–H groups in total. The Hall–Kier alpha value is -3.69. The van der Waals surface area contributed by atoms with Gasteiger partial charge in [-0.2, -0.15) is 0 Å². The lowest BCUT2D eigenvalue weighted by molar-refractivity contribution is 0.100. The monoisotopic (exact) mass is 673 g/mol. The van der Waals surface area contributed by atoms with Gasteiger partial charge in [0.25, 0.3) is 0 Å². The van der Waals surface area contributed by atoms with Gasteiger partial charge in [0.05, 0.1) is 0 Å². The number of hydrogen-bond acceptors (Lipinski definition) is 3. The number of hydrogen-bond donors (Lipinski definition) is 2. The van der Waals surface area contributed by atoms with Gasteiger partial charge in [0, 0.05) is 5.56 Å². The second-order valence-corrected chi connectivity index (χ2v) is 17.8. The van der Waals surface area contributed by atoms with E-state index in [1.807, 2.05) is 11.1 Å². The summed E-state index contributed by atoms with van der Waals surface area (Å²) in [5.41, 5.74) is 9.63. The molecule has 3 heteroatoms. The van der Waals surface area contributed by atoms with Crippen molar-refractivity contribution < 1.29 is 0 Å². The van der Waals surface area contributed by atoms with Crippen LogP contribution in [-0.2, 0) is 0 Å². The van der Waals surface area contributed by atoms with Crippen LogP contribution in [0.15, 0.2) is 125 Å². The Kier molecular flexibility index (Phi) is 7.83. The molecule has 1 spiro atoms. The Morgan fingerprint density at radius 2 is 1.43 bits per heavy atom. The molecule has 0 saturated heterocycles. The molecular weight excluding hydrogens is 619 g/mol. The minimum atomic E-state index is -0.104. The van der Waals surface area contributed by atoms with Crippen LogP contribution in [0.1, 0.15) is 119 Å². The first kappa shape index (κ1) is 32.0. The molecule has 0 bridgehead atoms. The Labute approximate surface area is 305 Å². The Bertz CT molecular complexity index is 1880. The highest BCUT2D eigenvalue weighted by molar-refractivity contribution is 5.99. The summed E-state index contributed by atoms with van der Waals surface area (Å²) >= 11 is 0. The van der Waals surface area contributed by atoms with Crippen molar-refractivity contribution in [1.29, 1.82) is 0 Å². The van der Waals surface area contributed by atoms with E-state index in [4.69, 9.17) is 4.99 Å². The first-order valence-electron chi connectivity index (χ1n) is 20.4. The van der Waals surface area contributed by atoms with Gasteiger partial charge < -0.3 is 5.32 Å². The molecule has 3 aromatic carbocycles. The molecule has 0 radical (unpaired) electrons. The summed E-state index contributed by atoms with van der Waals surface area (Å²) in [5, 5.41) is 7.55. The van der Waals surface area contributed by atoms with Crippen LogP contribution in [0.2, 0.25) is 0 Å². The van der Waals surface area contributed by atoms with Gasteiger partial charge in [-0.3, -0.25) is 5.32 Å². The van der Waals surface area contributed by atoms with Crippen LogP contribution in [-0.4, -0.2) is 5.84 Å². The molecule has 0 aromatic heterocycles. The molecule has 1 heterocycles. The molecule has 10 rings (SSSR count). The third-order valence-corrected chi connectivity index (χ3v) is 15.2. The smallest absolute Gasteiger partial charge is 0.131 e. The Balaban J connectivity index is 0.932. The fraction of sp³-hybridized carbons (Fsp3) is 0.479. The standard InChI is InChI=1S/C48H55N3/c1-47(2)40-19-11-10-18-36(40)38-29-39-37-28-35(24-25-41(37)48(26-12-5-13-27-48)43(39)30-42(38)47)31-20-22-34(23-21-31)46-50-44(32-14-6-3-7-15-32)49-45(51-46)33-16-8-4-9-17-33/h3-4,6-11,14-17,20-23,29-30,35-38,40-42,44,46,50H,5,12-13,18-19,24-28H2,1-2H3,(H,49,51). The molecule has 51 heavy (non-hydrogen) atoms. The first-order chi connectivity index (χ1) is 25.0. The van der Waals surface area contributed by atoms with E-state index in [0.29, 0.717) is 22.7 Å². The van der Waals surface area contributed by atoms with Crippen molar-refractivity contribution in [3.8, 4) is 0 Å². The third kappa shape index (κ3) is 5.19. The van der Waals surface area contributed by atoms with Crippen LogP contribution in [0.3, 0.4) is 0 Å². The maximum atomic E-state index is 5.12. The lowest BCUT2D eigenvalue weighted by atomic mass is 9.59. The summed E-state index contributed by atoms with van der Waals surface area (Å²) in [4.78, 5) is 5.12. The predicted octanol–water partition coefficient (Wildman–Crippen LogP) is 11.2. The van der Waals surface area contributed by atoms with Gasteiger partial charge in [0.15, 0.2) is 0 Å². The molecule has 4 fully saturated rings. The highest BCUT2D eigenvalue weighted by atomic mass is 15.3. The van der Waals surface area contributed by atoms with Crippen LogP contribution in [0.5, 0.6) is 0 Å². The van der Waals surface area contributed by atoms with E-state index < -0.39 is 0 Å². The van der Waals surface area contributed by atoms with Crippen molar-refractivity contribution in [1.82, 2.24) is 10.6 Å². The first-order valence-corrected chi connectivity index (χ1v) is 20.4.